The van der Waals surface area contributed by atoms with Gasteiger partial charge in [0.25, 0.3) is 0 Å². The molecule has 0 radical (unpaired) electrons. The fourth-order valence-corrected chi connectivity index (χ4v) is 3.33. The molecule has 1 aromatic rings. The van der Waals surface area contributed by atoms with E-state index < -0.39 is 0 Å². The number of benzene rings is 1. The van der Waals surface area contributed by atoms with Crippen LogP contribution in [0.5, 0.6) is 5.75 Å². The average Bonchev–Trinajstić information content (AvgIpc) is 2.65. The van der Waals surface area contributed by atoms with Crippen molar-refractivity contribution in [1.82, 2.24) is 14.7 Å². The maximum Gasteiger partial charge on any atom is 0.119 e. The summed E-state index contributed by atoms with van der Waals surface area (Å²) >= 11 is 0. The van der Waals surface area contributed by atoms with E-state index in [0.29, 0.717) is 0 Å². The fourth-order valence-electron chi connectivity index (χ4n) is 3.33. The Morgan fingerprint density at radius 1 is 0.875 bits per heavy atom. The molecule has 0 aromatic heterocycles. The van der Waals surface area contributed by atoms with Gasteiger partial charge in [-0.1, -0.05) is 19.1 Å². The summed E-state index contributed by atoms with van der Waals surface area (Å²) in [5, 5.41) is 0. The van der Waals surface area contributed by atoms with Crippen LogP contribution in [0.3, 0.4) is 0 Å². The van der Waals surface area contributed by atoms with Crippen LogP contribution < -0.4 is 4.74 Å². The highest BCUT2D eigenvalue weighted by atomic mass is 16.5. The van der Waals surface area contributed by atoms with Crippen molar-refractivity contribution in [2.24, 2.45) is 0 Å². The summed E-state index contributed by atoms with van der Waals surface area (Å²) in [6.45, 7) is 14.7. The van der Waals surface area contributed by atoms with E-state index >= 15 is 0 Å². The molecular formula is C19H31N3O2. The normalized spacial score (nSPS) is 21.0. The standard InChI is InChI=1S/C19H31N3O2/c1-2-20-7-9-22(10-8-20)17-18-3-5-19(6-4-18)24-16-13-21-11-14-23-15-12-21/h3-6H,2,7-17H2,1H3. The molecular weight excluding hydrogens is 302 g/mol. The molecule has 0 spiro atoms. The molecule has 5 nitrogen and oxygen atoms in total. The Morgan fingerprint density at radius 3 is 2.21 bits per heavy atom. The summed E-state index contributed by atoms with van der Waals surface area (Å²) in [5.74, 6) is 0.975. The minimum absolute atomic E-state index is 0.748. The second-order valence-electron chi connectivity index (χ2n) is 6.66. The van der Waals surface area contributed by atoms with Gasteiger partial charge in [-0.05, 0) is 24.2 Å². The van der Waals surface area contributed by atoms with Crippen molar-refractivity contribution in [2.75, 3.05) is 72.2 Å². The summed E-state index contributed by atoms with van der Waals surface area (Å²) in [5.41, 5.74) is 1.38. The number of piperazine rings is 1. The van der Waals surface area contributed by atoms with E-state index in [1.165, 1.54) is 38.3 Å². The van der Waals surface area contributed by atoms with Gasteiger partial charge >= 0.3 is 0 Å². The van der Waals surface area contributed by atoms with Gasteiger partial charge in [0.05, 0.1) is 13.2 Å². The number of nitrogens with zero attached hydrogens (tertiary/aromatic N) is 3. The maximum atomic E-state index is 5.88. The number of ether oxygens (including phenoxy) is 2. The molecule has 2 saturated heterocycles. The van der Waals surface area contributed by atoms with Gasteiger partial charge in [-0.3, -0.25) is 9.80 Å². The predicted molar refractivity (Wildman–Crippen MR) is 96.6 cm³/mol. The second-order valence-corrected chi connectivity index (χ2v) is 6.66. The minimum Gasteiger partial charge on any atom is -0.492 e. The Balaban J connectivity index is 1.37. The molecule has 134 valence electrons. The number of morpholine rings is 1. The molecule has 0 bridgehead atoms. The number of hydrogen-bond acceptors (Lipinski definition) is 5. The number of likely N-dealkylation sites (N-methyl/N-ethyl adjacent to an activating group) is 1. The Morgan fingerprint density at radius 2 is 1.54 bits per heavy atom. The molecule has 1 aromatic carbocycles. The first-order chi connectivity index (χ1) is 11.8. The van der Waals surface area contributed by atoms with Crippen LogP contribution in [0.25, 0.3) is 0 Å². The van der Waals surface area contributed by atoms with Gasteiger partial charge in [-0.2, -0.15) is 0 Å². The van der Waals surface area contributed by atoms with Crippen LogP contribution >= 0.6 is 0 Å². The van der Waals surface area contributed by atoms with E-state index in [2.05, 4.69) is 45.9 Å². The Bertz CT molecular complexity index is 466. The lowest BCUT2D eigenvalue weighted by molar-refractivity contribution is 0.0322. The second kappa shape index (κ2) is 9.37. The smallest absolute Gasteiger partial charge is 0.119 e. The topological polar surface area (TPSA) is 28.2 Å². The van der Waals surface area contributed by atoms with Gasteiger partial charge in [-0.25, -0.2) is 0 Å². The summed E-state index contributed by atoms with van der Waals surface area (Å²) < 4.78 is 11.2. The van der Waals surface area contributed by atoms with Crippen LogP contribution in [0.4, 0.5) is 0 Å². The van der Waals surface area contributed by atoms with E-state index in [0.717, 1.165) is 51.7 Å². The number of rotatable bonds is 7. The molecule has 0 N–H and O–H groups in total. The third-order valence-corrected chi connectivity index (χ3v) is 5.02. The average molecular weight is 333 g/mol. The van der Waals surface area contributed by atoms with E-state index in [1.54, 1.807) is 0 Å². The highest BCUT2D eigenvalue weighted by molar-refractivity contribution is 5.27. The quantitative estimate of drug-likeness (QED) is 0.755. The Kier molecular flexibility index (Phi) is 6.90. The zero-order chi connectivity index (χ0) is 16.6. The Hall–Kier alpha value is -1.14. The third-order valence-electron chi connectivity index (χ3n) is 5.02. The predicted octanol–water partition coefficient (Wildman–Crippen LogP) is 1.54. The van der Waals surface area contributed by atoms with Gasteiger partial charge in [0.2, 0.25) is 0 Å². The van der Waals surface area contributed by atoms with Crippen molar-refractivity contribution in [3.05, 3.63) is 29.8 Å². The molecule has 2 aliphatic rings. The zero-order valence-electron chi connectivity index (χ0n) is 15.0. The van der Waals surface area contributed by atoms with Crippen molar-refractivity contribution in [2.45, 2.75) is 13.5 Å². The monoisotopic (exact) mass is 333 g/mol. The van der Waals surface area contributed by atoms with E-state index in [4.69, 9.17) is 9.47 Å². The van der Waals surface area contributed by atoms with Crippen LogP contribution in [-0.2, 0) is 11.3 Å². The van der Waals surface area contributed by atoms with Crippen molar-refractivity contribution in [3.63, 3.8) is 0 Å². The zero-order valence-corrected chi connectivity index (χ0v) is 15.0. The van der Waals surface area contributed by atoms with Crippen LogP contribution in [0.15, 0.2) is 24.3 Å². The molecule has 2 fully saturated rings. The van der Waals surface area contributed by atoms with Crippen molar-refractivity contribution in [1.29, 1.82) is 0 Å². The molecule has 0 atom stereocenters. The molecule has 5 heteroatoms. The lowest BCUT2D eigenvalue weighted by Gasteiger charge is -2.34. The van der Waals surface area contributed by atoms with Crippen molar-refractivity contribution >= 4 is 0 Å². The molecule has 0 aliphatic carbocycles. The molecule has 0 saturated carbocycles. The first-order valence-electron chi connectivity index (χ1n) is 9.30. The van der Waals surface area contributed by atoms with E-state index in [1.807, 2.05) is 0 Å². The van der Waals surface area contributed by atoms with E-state index in [-0.39, 0.29) is 0 Å². The van der Waals surface area contributed by atoms with Crippen molar-refractivity contribution < 1.29 is 9.47 Å². The first-order valence-corrected chi connectivity index (χ1v) is 9.30. The molecule has 2 heterocycles. The lowest BCUT2D eigenvalue weighted by atomic mass is 10.2. The summed E-state index contributed by atoms with van der Waals surface area (Å²) in [4.78, 5) is 7.45. The SMILES string of the molecule is CCN1CCN(Cc2ccc(OCCN3CCOCC3)cc2)CC1. The highest BCUT2D eigenvalue weighted by Gasteiger charge is 2.15. The van der Waals surface area contributed by atoms with Gasteiger partial charge in [0, 0.05) is 52.4 Å². The van der Waals surface area contributed by atoms with Gasteiger partial charge in [-0.15, -0.1) is 0 Å². The Labute approximate surface area is 146 Å². The molecule has 0 amide bonds. The van der Waals surface area contributed by atoms with Crippen LogP contribution in [0, 0.1) is 0 Å². The van der Waals surface area contributed by atoms with Crippen LogP contribution in [0.2, 0.25) is 0 Å². The molecule has 24 heavy (non-hydrogen) atoms. The lowest BCUT2D eigenvalue weighted by Crippen LogP contribution is -2.45. The summed E-state index contributed by atoms with van der Waals surface area (Å²) in [6.07, 6.45) is 0. The van der Waals surface area contributed by atoms with Crippen LogP contribution in [-0.4, -0.2) is 86.9 Å². The third kappa shape index (κ3) is 5.45. The summed E-state index contributed by atoms with van der Waals surface area (Å²) in [6, 6.07) is 8.63. The minimum atomic E-state index is 0.748. The molecule has 3 rings (SSSR count). The molecule has 2 aliphatic heterocycles. The summed E-state index contributed by atoms with van der Waals surface area (Å²) in [7, 11) is 0. The van der Waals surface area contributed by atoms with Gasteiger partial charge in [0.1, 0.15) is 12.4 Å². The van der Waals surface area contributed by atoms with Crippen molar-refractivity contribution in [3.8, 4) is 5.75 Å². The fraction of sp³-hybridized carbons (Fsp3) is 0.684. The number of hydrogen-bond donors (Lipinski definition) is 0. The first kappa shape index (κ1) is 17.7. The van der Waals surface area contributed by atoms with Gasteiger partial charge in [0.15, 0.2) is 0 Å². The highest BCUT2D eigenvalue weighted by Crippen LogP contribution is 2.15. The van der Waals surface area contributed by atoms with E-state index in [9.17, 15) is 0 Å². The molecule has 0 unspecified atom stereocenters. The largest absolute Gasteiger partial charge is 0.492 e. The van der Waals surface area contributed by atoms with Crippen LogP contribution in [0.1, 0.15) is 12.5 Å². The maximum absolute atomic E-state index is 5.88. The van der Waals surface area contributed by atoms with Gasteiger partial charge < -0.3 is 14.4 Å².